The van der Waals surface area contributed by atoms with E-state index in [2.05, 4.69) is 36.3 Å². The SMILES string of the molecule is Cc1ccc(C)c2sc(OC3CCN(C(=O)NCc4ccccc4)CC3)nc12. The van der Waals surface area contributed by atoms with E-state index in [1.165, 1.54) is 15.8 Å². The summed E-state index contributed by atoms with van der Waals surface area (Å²) < 4.78 is 7.36. The maximum absolute atomic E-state index is 12.4. The van der Waals surface area contributed by atoms with Gasteiger partial charge in [-0.05, 0) is 30.5 Å². The molecule has 1 aromatic heterocycles. The number of rotatable bonds is 4. The van der Waals surface area contributed by atoms with Crippen molar-refractivity contribution >= 4 is 27.6 Å². The molecule has 5 nitrogen and oxygen atoms in total. The van der Waals surface area contributed by atoms with Gasteiger partial charge in [0.1, 0.15) is 6.10 Å². The molecular weight excluding hydrogens is 370 g/mol. The summed E-state index contributed by atoms with van der Waals surface area (Å²) in [6, 6.07) is 14.2. The van der Waals surface area contributed by atoms with Crippen molar-refractivity contribution in [2.24, 2.45) is 0 Å². The first kappa shape index (κ1) is 18.7. The molecule has 146 valence electrons. The zero-order chi connectivity index (χ0) is 19.5. The summed E-state index contributed by atoms with van der Waals surface area (Å²) in [4.78, 5) is 19.0. The average molecular weight is 396 g/mol. The minimum absolute atomic E-state index is 0.00598. The second-order valence-corrected chi connectivity index (χ2v) is 8.27. The van der Waals surface area contributed by atoms with Gasteiger partial charge in [-0.2, -0.15) is 0 Å². The van der Waals surface area contributed by atoms with Gasteiger partial charge in [0, 0.05) is 32.5 Å². The van der Waals surface area contributed by atoms with E-state index in [-0.39, 0.29) is 12.1 Å². The number of carbonyl (C=O) groups excluding carboxylic acids is 1. The van der Waals surface area contributed by atoms with Gasteiger partial charge < -0.3 is 15.0 Å². The van der Waals surface area contributed by atoms with E-state index in [1.54, 1.807) is 11.3 Å². The number of aryl methyl sites for hydroxylation is 2. The lowest BCUT2D eigenvalue weighted by atomic mass is 10.1. The third-order valence-electron chi connectivity index (χ3n) is 5.21. The van der Waals surface area contributed by atoms with Gasteiger partial charge in [0.25, 0.3) is 5.19 Å². The quantitative estimate of drug-likeness (QED) is 0.699. The van der Waals surface area contributed by atoms with Crippen LogP contribution in [0.2, 0.25) is 0 Å². The number of piperidine rings is 1. The fraction of sp³-hybridized carbons (Fsp3) is 0.364. The summed E-state index contributed by atoms with van der Waals surface area (Å²) in [5, 5.41) is 3.73. The molecule has 0 bridgehead atoms. The molecule has 2 amide bonds. The molecule has 0 saturated carbocycles. The molecule has 1 aliphatic heterocycles. The van der Waals surface area contributed by atoms with Crippen molar-refractivity contribution in [3.05, 3.63) is 59.2 Å². The summed E-state index contributed by atoms with van der Waals surface area (Å²) in [5.74, 6) is 0. The zero-order valence-corrected chi connectivity index (χ0v) is 17.1. The van der Waals surface area contributed by atoms with Crippen molar-refractivity contribution in [3.8, 4) is 5.19 Å². The number of hydrogen-bond donors (Lipinski definition) is 1. The van der Waals surface area contributed by atoms with Crippen LogP contribution in [0.25, 0.3) is 10.2 Å². The Morgan fingerprint density at radius 3 is 2.57 bits per heavy atom. The molecule has 1 N–H and O–H groups in total. The molecule has 0 radical (unpaired) electrons. The van der Waals surface area contributed by atoms with Crippen molar-refractivity contribution in [2.75, 3.05) is 13.1 Å². The van der Waals surface area contributed by atoms with E-state index in [0.717, 1.165) is 29.1 Å². The van der Waals surface area contributed by atoms with Crippen LogP contribution in [0.4, 0.5) is 4.79 Å². The van der Waals surface area contributed by atoms with Gasteiger partial charge in [-0.1, -0.05) is 53.8 Å². The summed E-state index contributed by atoms with van der Waals surface area (Å²) >= 11 is 1.62. The van der Waals surface area contributed by atoms with Crippen LogP contribution >= 0.6 is 11.3 Å². The summed E-state index contributed by atoms with van der Waals surface area (Å²) in [7, 11) is 0. The highest BCUT2D eigenvalue weighted by atomic mass is 32.1. The molecule has 2 aromatic carbocycles. The normalized spacial score (nSPS) is 15.0. The Morgan fingerprint density at radius 1 is 1.14 bits per heavy atom. The molecule has 3 aromatic rings. The number of urea groups is 1. The maximum Gasteiger partial charge on any atom is 0.317 e. The first-order chi connectivity index (χ1) is 13.6. The Labute approximate surface area is 169 Å². The molecule has 2 heterocycles. The van der Waals surface area contributed by atoms with Crippen LogP contribution in [0.5, 0.6) is 5.19 Å². The largest absolute Gasteiger partial charge is 0.467 e. The molecular formula is C22H25N3O2S. The minimum Gasteiger partial charge on any atom is -0.467 e. The fourth-order valence-corrected chi connectivity index (χ4v) is 4.52. The van der Waals surface area contributed by atoms with Gasteiger partial charge in [0.05, 0.1) is 10.2 Å². The van der Waals surface area contributed by atoms with Gasteiger partial charge in [-0.15, -0.1) is 0 Å². The molecule has 1 fully saturated rings. The average Bonchev–Trinajstić information content (AvgIpc) is 3.15. The second-order valence-electron chi connectivity index (χ2n) is 7.31. The molecule has 1 saturated heterocycles. The predicted molar refractivity (Wildman–Crippen MR) is 113 cm³/mol. The number of thiazole rings is 1. The van der Waals surface area contributed by atoms with Crippen molar-refractivity contribution in [1.29, 1.82) is 0 Å². The number of nitrogens with one attached hydrogen (secondary N) is 1. The molecule has 0 spiro atoms. The molecule has 0 unspecified atom stereocenters. The Morgan fingerprint density at radius 2 is 1.86 bits per heavy atom. The van der Waals surface area contributed by atoms with Crippen LogP contribution < -0.4 is 10.1 Å². The third-order valence-corrected chi connectivity index (χ3v) is 6.29. The standard InChI is InChI=1S/C22H25N3O2S/c1-15-8-9-16(2)20-19(15)24-22(28-20)27-18-10-12-25(13-11-18)21(26)23-14-17-6-4-3-5-7-17/h3-9,18H,10-14H2,1-2H3,(H,23,26). The number of nitrogens with zero attached hydrogens (tertiary/aromatic N) is 2. The number of amides is 2. The van der Waals surface area contributed by atoms with Crippen LogP contribution in [0, 0.1) is 13.8 Å². The van der Waals surface area contributed by atoms with Gasteiger partial charge in [-0.25, -0.2) is 9.78 Å². The van der Waals surface area contributed by atoms with E-state index in [0.29, 0.717) is 19.6 Å². The maximum atomic E-state index is 12.4. The molecule has 28 heavy (non-hydrogen) atoms. The lowest BCUT2D eigenvalue weighted by molar-refractivity contribution is 0.111. The number of carbonyl (C=O) groups is 1. The van der Waals surface area contributed by atoms with E-state index >= 15 is 0 Å². The van der Waals surface area contributed by atoms with Gasteiger partial charge in [0.2, 0.25) is 0 Å². The van der Waals surface area contributed by atoms with Crippen LogP contribution in [0.15, 0.2) is 42.5 Å². The topological polar surface area (TPSA) is 54.5 Å². The first-order valence-corrected chi connectivity index (χ1v) is 10.5. The summed E-state index contributed by atoms with van der Waals surface area (Å²) in [6.45, 7) is 6.15. The fourth-order valence-electron chi connectivity index (χ4n) is 3.49. The van der Waals surface area contributed by atoms with Crippen LogP contribution in [0.1, 0.15) is 29.5 Å². The minimum atomic E-state index is -0.00598. The number of hydrogen-bond acceptors (Lipinski definition) is 4. The van der Waals surface area contributed by atoms with E-state index in [9.17, 15) is 4.79 Å². The van der Waals surface area contributed by atoms with E-state index in [4.69, 9.17) is 4.74 Å². The summed E-state index contributed by atoms with van der Waals surface area (Å²) in [5.41, 5.74) is 4.56. The van der Waals surface area contributed by atoms with Crippen LogP contribution in [-0.4, -0.2) is 35.1 Å². The molecule has 6 heteroatoms. The van der Waals surface area contributed by atoms with Crippen molar-refractivity contribution in [1.82, 2.24) is 15.2 Å². The highest BCUT2D eigenvalue weighted by Gasteiger charge is 2.25. The number of ether oxygens (including phenoxy) is 1. The van der Waals surface area contributed by atoms with Crippen LogP contribution in [-0.2, 0) is 6.54 Å². The lowest BCUT2D eigenvalue weighted by Gasteiger charge is -2.31. The molecule has 0 atom stereocenters. The Bertz CT molecular complexity index is 924. The van der Waals surface area contributed by atoms with E-state index in [1.807, 2.05) is 35.2 Å². The Balaban J connectivity index is 1.30. The highest BCUT2D eigenvalue weighted by Crippen LogP contribution is 2.33. The molecule has 4 rings (SSSR count). The number of fused-ring (bicyclic) bond motifs is 1. The Kier molecular flexibility index (Phi) is 5.48. The Hall–Kier alpha value is -2.60. The van der Waals surface area contributed by atoms with Crippen molar-refractivity contribution in [2.45, 2.75) is 39.3 Å². The van der Waals surface area contributed by atoms with Gasteiger partial charge >= 0.3 is 6.03 Å². The smallest absolute Gasteiger partial charge is 0.317 e. The van der Waals surface area contributed by atoms with Crippen molar-refractivity contribution < 1.29 is 9.53 Å². The monoisotopic (exact) mass is 395 g/mol. The first-order valence-electron chi connectivity index (χ1n) is 9.70. The van der Waals surface area contributed by atoms with Gasteiger partial charge in [-0.3, -0.25) is 0 Å². The summed E-state index contributed by atoms with van der Waals surface area (Å²) in [6.07, 6.45) is 1.76. The highest BCUT2D eigenvalue weighted by molar-refractivity contribution is 7.20. The molecule has 1 aliphatic rings. The zero-order valence-electron chi connectivity index (χ0n) is 16.3. The molecule has 0 aliphatic carbocycles. The number of benzene rings is 2. The predicted octanol–water partition coefficient (Wildman–Crippen LogP) is 4.67. The number of likely N-dealkylation sites (tertiary alicyclic amines) is 1. The third kappa shape index (κ3) is 4.12. The van der Waals surface area contributed by atoms with Crippen LogP contribution in [0.3, 0.4) is 0 Å². The lowest BCUT2D eigenvalue weighted by Crippen LogP contribution is -2.46. The van der Waals surface area contributed by atoms with E-state index < -0.39 is 0 Å². The second kappa shape index (κ2) is 8.19. The number of aromatic nitrogens is 1. The van der Waals surface area contributed by atoms with Crippen molar-refractivity contribution in [3.63, 3.8) is 0 Å². The van der Waals surface area contributed by atoms with Gasteiger partial charge in [0.15, 0.2) is 0 Å².